The van der Waals surface area contributed by atoms with Gasteiger partial charge in [0.15, 0.2) is 11.9 Å². The minimum atomic E-state index is -0.835. The Balaban J connectivity index is 1.76. The fraction of sp³-hybridized carbons (Fsp3) is 0.500. The maximum atomic E-state index is 10.3. The number of hydrogen-bond acceptors (Lipinski definition) is 4. The van der Waals surface area contributed by atoms with Crippen molar-refractivity contribution < 1.29 is 9.63 Å². The van der Waals surface area contributed by atoms with Crippen molar-refractivity contribution in [2.24, 2.45) is 5.92 Å². The maximum absolute atomic E-state index is 10.3. The van der Waals surface area contributed by atoms with Crippen LogP contribution in [0.15, 0.2) is 34.9 Å². The molecule has 106 valence electrons. The van der Waals surface area contributed by atoms with E-state index in [4.69, 9.17) is 4.52 Å². The van der Waals surface area contributed by atoms with Gasteiger partial charge in [-0.25, -0.2) is 0 Å². The van der Waals surface area contributed by atoms with Gasteiger partial charge < -0.3 is 9.63 Å². The van der Waals surface area contributed by atoms with Crippen molar-refractivity contribution in [2.75, 3.05) is 0 Å². The molecule has 1 N–H and O–H groups in total. The summed E-state index contributed by atoms with van der Waals surface area (Å²) in [5.74, 6) is 2.14. The lowest BCUT2D eigenvalue weighted by Crippen LogP contribution is -2.13. The molecule has 1 fully saturated rings. The summed E-state index contributed by atoms with van der Waals surface area (Å²) in [6, 6.07) is 9.41. The Labute approximate surface area is 118 Å². The Morgan fingerprint density at radius 2 is 2.05 bits per heavy atom. The molecular formula is C16H20N2O2. The monoisotopic (exact) mass is 272 g/mol. The van der Waals surface area contributed by atoms with E-state index in [1.165, 1.54) is 12.8 Å². The third-order valence-corrected chi connectivity index (χ3v) is 4.11. The van der Waals surface area contributed by atoms with Crippen molar-refractivity contribution in [1.29, 1.82) is 0 Å². The summed E-state index contributed by atoms with van der Waals surface area (Å²) in [5, 5.41) is 14.3. The number of hydrogen-bond donors (Lipinski definition) is 1. The van der Waals surface area contributed by atoms with Crippen LogP contribution in [-0.4, -0.2) is 15.2 Å². The minimum Gasteiger partial charge on any atom is -0.378 e. The van der Waals surface area contributed by atoms with Gasteiger partial charge in [-0.2, -0.15) is 4.98 Å². The van der Waals surface area contributed by atoms with Crippen LogP contribution < -0.4 is 0 Å². The molecule has 3 unspecified atom stereocenters. The second kappa shape index (κ2) is 5.75. The SMILES string of the molecule is CC1CCCC(c2noc(C(O)c3ccccc3)n2)C1. The number of nitrogens with zero attached hydrogens (tertiary/aromatic N) is 2. The van der Waals surface area contributed by atoms with Crippen molar-refractivity contribution in [3.8, 4) is 0 Å². The molecule has 0 saturated heterocycles. The quantitative estimate of drug-likeness (QED) is 0.929. The van der Waals surface area contributed by atoms with Gasteiger partial charge in [-0.15, -0.1) is 0 Å². The molecular weight excluding hydrogens is 252 g/mol. The standard InChI is InChI=1S/C16H20N2O2/c1-11-6-5-9-13(10-11)15-17-16(20-18-15)14(19)12-7-3-2-4-8-12/h2-4,7-8,11,13-14,19H,5-6,9-10H2,1H3. The molecule has 4 nitrogen and oxygen atoms in total. The molecule has 1 saturated carbocycles. The van der Waals surface area contributed by atoms with Gasteiger partial charge in [0, 0.05) is 5.92 Å². The topological polar surface area (TPSA) is 59.2 Å². The zero-order valence-corrected chi connectivity index (χ0v) is 11.7. The van der Waals surface area contributed by atoms with E-state index in [0.29, 0.717) is 11.8 Å². The number of aliphatic hydroxyl groups excluding tert-OH is 1. The average molecular weight is 272 g/mol. The van der Waals surface area contributed by atoms with Crippen LogP contribution >= 0.6 is 0 Å². The largest absolute Gasteiger partial charge is 0.378 e. The highest BCUT2D eigenvalue weighted by Gasteiger charge is 2.26. The Hall–Kier alpha value is -1.68. The van der Waals surface area contributed by atoms with Gasteiger partial charge in [0.25, 0.3) is 5.89 Å². The van der Waals surface area contributed by atoms with E-state index in [2.05, 4.69) is 17.1 Å². The predicted octanol–water partition coefficient (Wildman–Crippen LogP) is 3.45. The lowest BCUT2D eigenvalue weighted by atomic mass is 9.82. The average Bonchev–Trinajstić information content (AvgIpc) is 2.97. The highest BCUT2D eigenvalue weighted by molar-refractivity contribution is 5.21. The summed E-state index contributed by atoms with van der Waals surface area (Å²) in [6.07, 6.45) is 3.90. The van der Waals surface area contributed by atoms with Crippen LogP contribution in [0.2, 0.25) is 0 Å². The zero-order chi connectivity index (χ0) is 13.9. The molecule has 0 aliphatic heterocycles. The fourth-order valence-electron chi connectivity index (χ4n) is 2.97. The van der Waals surface area contributed by atoms with E-state index in [1.807, 2.05) is 30.3 Å². The Kier molecular flexibility index (Phi) is 3.83. The zero-order valence-electron chi connectivity index (χ0n) is 11.7. The molecule has 1 aromatic carbocycles. The molecule has 0 bridgehead atoms. The highest BCUT2D eigenvalue weighted by atomic mass is 16.5. The van der Waals surface area contributed by atoms with Crippen LogP contribution in [-0.2, 0) is 0 Å². The number of benzene rings is 1. The first-order chi connectivity index (χ1) is 9.74. The van der Waals surface area contributed by atoms with E-state index in [1.54, 1.807) is 0 Å². The van der Waals surface area contributed by atoms with Crippen molar-refractivity contribution in [3.05, 3.63) is 47.6 Å². The summed E-state index contributed by atoms with van der Waals surface area (Å²) < 4.78 is 5.26. The molecule has 0 spiro atoms. The number of rotatable bonds is 3. The smallest absolute Gasteiger partial charge is 0.260 e. The highest BCUT2D eigenvalue weighted by Crippen LogP contribution is 2.35. The third-order valence-electron chi connectivity index (χ3n) is 4.11. The summed E-state index contributed by atoms with van der Waals surface area (Å²) in [5.41, 5.74) is 0.778. The fourth-order valence-corrected chi connectivity index (χ4v) is 2.97. The first kappa shape index (κ1) is 13.3. The molecule has 2 aromatic rings. The molecule has 1 aliphatic carbocycles. The third kappa shape index (κ3) is 2.75. The molecule has 0 radical (unpaired) electrons. The molecule has 1 heterocycles. The summed E-state index contributed by atoms with van der Waals surface area (Å²) in [6.45, 7) is 2.27. The molecule has 0 amide bonds. The first-order valence-corrected chi connectivity index (χ1v) is 7.30. The van der Waals surface area contributed by atoms with E-state index < -0.39 is 6.10 Å². The van der Waals surface area contributed by atoms with Gasteiger partial charge in [-0.05, 0) is 24.3 Å². The number of aliphatic hydroxyl groups is 1. The molecule has 1 aliphatic rings. The Morgan fingerprint density at radius 3 is 2.80 bits per heavy atom. The van der Waals surface area contributed by atoms with Crippen LogP contribution in [0, 0.1) is 5.92 Å². The summed E-state index contributed by atoms with van der Waals surface area (Å²) >= 11 is 0. The van der Waals surface area contributed by atoms with E-state index in [0.717, 1.165) is 30.1 Å². The lowest BCUT2D eigenvalue weighted by Gasteiger charge is -2.23. The Bertz CT molecular complexity index is 553. The van der Waals surface area contributed by atoms with Crippen LogP contribution in [0.4, 0.5) is 0 Å². The van der Waals surface area contributed by atoms with Crippen molar-refractivity contribution in [1.82, 2.24) is 10.1 Å². The van der Waals surface area contributed by atoms with Crippen LogP contribution in [0.1, 0.15) is 61.9 Å². The van der Waals surface area contributed by atoms with Crippen LogP contribution in [0.25, 0.3) is 0 Å². The minimum absolute atomic E-state index is 0.296. The molecule has 3 rings (SSSR count). The lowest BCUT2D eigenvalue weighted by molar-refractivity contribution is 0.170. The normalized spacial score (nSPS) is 24.5. The molecule has 4 heteroatoms. The van der Waals surface area contributed by atoms with E-state index >= 15 is 0 Å². The van der Waals surface area contributed by atoms with Gasteiger partial charge >= 0.3 is 0 Å². The van der Waals surface area contributed by atoms with Crippen LogP contribution in [0.5, 0.6) is 0 Å². The van der Waals surface area contributed by atoms with Crippen LogP contribution in [0.3, 0.4) is 0 Å². The van der Waals surface area contributed by atoms with Gasteiger partial charge in [0.2, 0.25) is 0 Å². The summed E-state index contributed by atoms with van der Waals surface area (Å²) in [7, 11) is 0. The van der Waals surface area contributed by atoms with E-state index in [9.17, 15) is 5.11 Å². The van der Waals surface area contributed by atoms with Crippen molar-refractivity contribution >= 4 is 0 Å². The molecule has 3 atom stereocenters. The van der Waals surface area contributed by atoms with Gasteiger partial charge in [-0.3, -0.25) is 0 Å². The number of aromatic nitrogens is 2. The van der Waals surface area contributed by atoms with Gasteiger partial charge in [0.1, 0.15) is 0 Å². The Morgan fingerprint density at radius 1 is 1.25 bits per heavy atom. The molecule has 1 aromatic heterocycles. The summed E-state index contributed by atoms with van der Waals surface area (Å²) in [4.78, 5) is 4.42. The van der Waals surface area contributed by atoms with Crippen molar-refractivity contribution in [3.63, 3.8) is 0 Å². The van der Waals surface area contributed by atoms with Crippen molar-refractivity contribution in [2.45, 2.75) is 44.6 Å². The maximum Gasteiger partial charge on any atom is 0.260 e. The predicted molar refractivity (Wildman–Crippen MR) is 75.2 cm³/mol. The first-order valence-electron chi connectivity index (χ1n) is 7.30. The van der Waals surface area contributed by atoms with E-state index in [-0.39, 0.29) is 0 Å². The second-order valence-corrected chi connectivity index (χ2v) is 5.77. The van der Waals surface area contributed by atoms with Gasteiger partial charge in [0.05, 0.1) is 0 Å². The molecule has 20 heavy (non-hydrogen) atoms. The second-order valence-electron chi connectivity index (χ2n) is 5.77. The van der Waals surface area contributed by atoms with Gasteiger partial charge in [-0.1, -0.05) is 55.3 Å².